The molecule has 0 bridgehead atoms. The number of ether oxygens (including phenoxy) is 1. The summed E-state index contributed by atoms with van der Waals surface area (Å²) in [5.41, 5.74) is 0.0895. The van der Waals surface area contributed by atoms with Gasteiger partial charge in [0, 0.05) is 43.2 Å². The van der Waals surface area contributed by atoms with E-state index in [0.29, 0.717) is 40.2 Å². The van der Waals surface area contributed by atoms with Crippen LogP contribution in [0.3, 0.4) is 0 Å². The lowest BCUT2D eigenvalue weighted by Gasteiger charge is -2.35. The molecular formula is C27H29ClFN7O2. The van der Waals surface area contributed by atoms with Crippen molar-refractivity contribution in [2.24, 2.45) is 0 Å². The van der Waals surface area contributed by atoms with E-state index >= 15 is 4.39 Å². The molecule has 2 aliphatic rings. The second-order valence-corrected chi connectivity index (χ2v) is 10.5. The lowest BCUT2D eigenvalue weighted by atomic mass is 10.1. The zero-order valence-corrected chi connectivity index (χ0v) is 22.1. The molecule has 2 atom stereocenters. The molecular weight excluding hydrogens is 509 g/mol. The van der Waals surface area contributed by atoms with Gasteiger partial charge in [0.2, 0.25) is 5.56 Å². The number of hydrogen-bond donors (Lipinski definition) is 2. The Morgan fingerprint density at radius 1 is 1.21 bits per heavy atom. The van der Waals surface area contributed by atoms with E-state index < -0.39 is 5.82 Å². The highest BCUT2D eigenvalue weighted by molar-refractivity contribution is 6.36. The van der Waals surface area contributed by atoms with Crippen LogP contribution in [0.25, 0.3) is 33.2 Å². The fourth-order valence-corrected chi connectivity index (χ4v) is 5.71. The van der Waals surface area contributed by atoms with Crippen LogP contribution in [-0.4, -0.2) is 76.8 Å². The van der Waals surface area contributed by atoms with E-state index in [1.54, 1.807) is 18.2 Å². The quantitative estimate of drug-likeness (QED) is 0.398. The molecule has 0 aliphatic carbocycles. The van der Waals surface area contributed by atoms with Crippen LogP contribution in [0.4, 0.5) is 10.2 Å². The average Bonchev–Trinajstić information content (AvgIpc) is 3.31. The molecule has 9 nitrogen and oxygen atoms in total. The Kier molecular flexibility index (Phi) is 6.63. The minimum Gasteiger partial charge on any atom is -0.462 e. The van der Waals surface area contributed by atoms with Gasteiger partial charge in [-0.1, -0.05) is 23.7 Å². The maximum atomic E-state index is 15.8. The highest BCUT2D eigenvalue weighted by Crippen LogP contribution is 2.35. The number of benzene rings is 1. The van der Waals surface area contributed by atoms with Gasteiger partial charge in [-0.25, -0.2) is 9.37 Å². The van der Waals surface area contributed by atoms with Crippen molar-refractivity contribution in [3.05, 3.63) is 51.5 Å². The normalized spacial score (nSPS) is 20.5. The molecule has 5 heterocycles. The summed E-state index contributed by atoms with van der Waals surface area (Å²) in [6.45, 7) is 5.84. The zero-order chi connectivity index (χ0) is 26.4. The SMILES string of the molecule is C[C@@H]1CNCCN1c1nc(OC[C@@H]2CCCN2C)nc2nc(-c3[nH]c(=O)cc4cccc(Cl)c34)c(F)cc12. The molecule has 2 saturated heterocycles. The topological polar surface area (TPSA) is 99.3 Å². The van der Waals surface area contributed by atoms with Crippen LogP contribution in [0.15, 0.2) is 35.1 Å². The molecule has 3 aromatic heterocycles. The minimum atomic E-state index is -0.602. The van der Waals surface area contributed by atoms with E-state index in [9.17, 15) is 4.79 Å². The van der Waals surface area contributed by atoms with Crippen molar-refractivity contribution in [2.45, 2.75) is 31.8 Å². The van der Waals surface area contributed by atoms with Gasteiger partial charge in [-0.2, -0.15) is 9.97 Å². The Morgan fingerprint density at radius 3 is 2.87 bits per heavy atom. The number of aromatic amines is 1. The molecule has 0 saturated carbocycles. The van der Waals surface area contributed by atoms with Crippen molar-refractivity contribution in [3.63, 3.8) is 0 Å². The van der Waals surface area contributed by atoms with Crippen LogP contribution in [-0.2, 0) is 0 Å². The number of anilines is 1. The zero-order valence-electron chi connectivity index (χ0n) is 21.3. The summed E-state index contributed by atoms with van der Waals surface area (Å²) in [7, 11) is 2.09. The van der Waals surface area contributed by atoms with Crippen LogP contribution >= 0.6 is 11.6 Å². The van der Waals surface area contributed by atoms with Crippen molar-refractivity contribution in [1.29, 1.82) is 0 Å². The highest BCUT2D eigenvalue weighted by Gasteiger charge is 2.27. The number of fused-ring (bicyclic) bond motifs is 2. The van der Waals surface area contributed by atoms with Gasteiger partial charge in [0.15, 0.2) is 11.5 Å². The number of aromatic nitrogens is 4. The van der Waals surface area contributed by atoms with Gasteiger partial charge in [-0.3, -0.25) is 4.79 Å². The van der Waals surface area contributed by atoms with Crippen molar-refractivity contribution in [3.8, 4) is 17.4 Å². The molecule has 0 radical (unpaired) electrons. The molecule has 1 aromatic carbocycles. The molecule has 38 heavy (non-hydrogen) atoms. The van der Waals surface area contributed by atoms with Crippen LogP contribution < -0.4 is 20.5 Å². The summed E-state index contributed by atoms with van der Waals surface area (Å²) in [5, 5.41) is 5.36. The first-order valence-electron chi connectivity index (χ1n) is 12.9. The van der Waals surface area contributed by atoms with Gasteiger partial charge in [0.05, 0.1) is 16.1 Å². The van der Waals surface area contributed by atoms with E-state index in [-0.39, 0.29) is 40.7 Å². The molecule has 4 aromatic rings. The van der Waals surface area contributed by atoms with E-state index in [4.69, 9.17) is 21.3 Å². The average molecular weight is 538 g/mol. The van der Waals surface area contributed by atoms with Crippen molar-refractivity contribution < 1.29 is 9.13 Å². The summed E-state index contributed by atoms with van der Waals surface area (Å²) in [5.74, 6) is -0.0179. The predicted octanol–water partition coefficient (Wildman–Crippen LogP) is 3.60. The Bertz CT molecular complexity index is 1580. The van der Waals surface area contributed by atoms with E-state index in [0.717, 1.165) is 32.5 Å². The molecule has 0 spiro atoms. The molecule has 2 aliphatic heterocycles. The first-order chi connectivity index (χ1) is 18.4. The smallest absolute Gasteiger partial charge is 0.320 e. The molecule has 2 fully saturated rings. The number of likely N-dealkylation sites (N-methyl/N-ethyl adjacent to an activating group) is 1. The van der Waals surface area contributed by atoms with Gasteiger partial charge >= 0.3 is 6.01 Å². The van der Waals surface area contributed by atoms with E-state index in [2.05, 4.69) is 44.0 Å². The fourth-order valence-electron chi connectivity index (χ4n) is 5.44. The number of halogens is 2. The number of pyridine rings is 2. The molecule has 2 N–H and O–H groups in total. The monoisotopic (exact) mass is 537 g/mol. The number of nitrogens with zero attached hydrogens (tertiary/aromatic N) is 5. The second kappa shape index (κ2) is 10.1. The Balaban J connectivity index is 1.51. The molecule has 0 amide bonds. The third-order valence-electron chi connectivity index (χ3n) is 7.52. The molecule has 0 unspecified atom stereocenters. The number of likely N-dealkylation sites (tertiary alicyclic amines) is 1. The minimum absolute atomic E-state index is 0.0345. The first-order valence-corrected chi connectivity index (χ1v) is 13.3. The third-order valence-corrected chi connectivity index (χ3v) is 7.83. The van der Waals surface area contributed by atoms with Gasteiger partial charge in [0.25, 0.3) is 0 Å². The second-order valence-electron chi connectivity index (χ2n) is 10.1. The summed E-state index contributed by atoms with van der Waals surface area (Å²) in [6, 6.07) is 8.65. The van der Waals surface area contributed by atoms with Gasteiger partial charge in [0.1, 0.15) is 18.1 Å². The van der Waals surface area contributed by atoms with E-state index in [1.807, 2.05) is 0 Å². The highest BCUT2D eigenvalue weighted by atomic mass is 35.5. The number of rotatable bonds is 5. The number of nitrogens with one attached hydrogen (secondary N) is 2. The van der Waals surface area contributed by atoms with Crippen LogP contribution in [0.5, 0.6) is 6.01 Å². The van der Waals surface area contributed by atoms with E-state index in [1.165, 1.54) is 12.1 Å². The van der Waals surface area contributed by atoms with Crippen molar-refractivity contribution >= 4 is 39.2 Å². The first kappa shape index (κ1) is 25.0. The van der Waals surface area contributed by atoms with Crippen molar-refractivity contribution in [2.75, 3.05) is 44.7 Å². The summed E-state index contributed by atoms with van der Waals surface area (Å²) in [6.07, 6.45) is 2.18. The largest absolute Gasteiger partial charge is 0.462 e. The maximum Gasteiger partial charge on any atom is 0.320 e. The Morgan fingerprint density at radius 2 is 2.08 bits per heavy atom. The fraction of sp³-hybridized carbons (Fsp3) is 0.407. The van der Waals surface area contributed by atoms with Gasteiger partial charge in [-0.15, -0.1) is 0 Å². The number of hydrogen-bond acceptors (Lipinski definition) is 8. The van der Waals surface area contributed by atoms with Gasteiger partial charge < -0.3 is 24.8 Å². The van der Waals surface area contributed by atoms with Crippen LogP contribution in [0, 0.1) is 5.82 Å². The van der Waals surface area contributed by atoms with Crippen LogP contribution in [0.2, 0.25) is 5.02 Å². The van der Waals surface area contributed by atoms with Crippen LogP contribution in [0.1, 0.15) is 19.8 Å². The Labute approximate surface area is 224 Å². The summed E-state index contributed by atoms with van der Waals surface area (Å²) in [4.78, 5) is 33.5. The van der Waals surface area contributed by atoms with Gasteiger partial charge in [-0.05, 0) is 50.9 Å². The van der Waals surface area contributed by atoms with Crippen molar-refractivity contribution in [1.82, 2.24) is 30.2 Å². The molecule has 6 rings (SSSR count). The predicted molar refractivity (Wildman–Crippen MR) is 147 cm³/mol. The summed E-state index contributed by atoms with van der Waals surface area (Å²) >= 11 is 6.48. The lowest BCUT2D eigenvalue weighted by molar-refractivity contribution is 0.188. The third kappa shape index (κ3) is 4.57. The number of H-pyrrole nitrogens is 1. The molecule has 11 heteroatoms. The molecule has 198 valence electrons. The maximum absolute atomic E-state index is 15.8. The number of piperazine rings is 1. The lowest BCUT2D eigenvalue weighted by Crippen LogP contribution is -2.50. The summed E-state index contributed by atoms with van der Waals surface area (Å²) < 4.78 is 21.9. The standard InChI is InChI=1S/C27H29ClFN7O2/c1-15-13-30-8-10-36(15)26-18-12-20(29)23(24-22-16(11-21(37)31-24)5-3-7-19(22)28)32-25(18)33-27(34-26)38-14-17-6-4-9-35(17)2/h3,5,7,11-12,15,17,30H,4,6,8-10,13-14H2,1-2H3,(H,31,37)/t15-,17+/m1/s1. The Hall–Kier alpha value is -3.34.